The molecule has 0 fully saturated rings. The van der Waals surface area contributed by atoms with Crippen molar-refractivity contribution in [3.8, 4) is 0 Å². The van der Waals surface area contributed by atoms with Crippen LogP contribution >= 0.6 is 11.3 Å². The van der Waals surface area contributed by atoms with E-state index < -0.39 is 6.04 Å². The summed E-state index contributed by atoms with van der Waals surface area (Å²) >= 11 is 1.57. The first-order chi connectivity index (χ1) is 10.2. The predicted molar refractivity (Wildman–Crippen MR) is 80.0 cm³/mol. The van der Waals surface area contributed by atoms with Crippen LogP contribution in [-0.4, -0.2) is 23.4 Å². The van der Waals surface area contributed by atoms with Crippen LogP contribution in [0, 0.1) is 0 Å². The Hall–Kier alpha value is -2.14. The number of benzene rings is 1. The Labute approximate surface area is 127 Å². The number of esters is 1. The van der Waals surface area contributed by atoms with Crippen LogP contribution in [0.1, 0.15) is 33.8 Å². The molecule has 3 rings (SSSR count). The SMILES string of the molecule is CCOC(=O)C1c2ccccc2C(=O)N1Cc1cccs1. The Balaban J connectivity index is 1.97. The zero-order valence-corrected chi connectivity index (χ0v) is 12.4. The molecular weight excluding hydrogens is 286 g/mol. The van der Waals surface area contributed by atoms with Gasteiger partial charge in [-0.15, -0.1) is 11.3 Å². The van der Waals surface area contributed by atoms with Crippen molar-refractivity contribution in [2.24, 2.45) is 0 Å². The molecule has 0 bridgehead atoms. The molecule has 1 aliphatic rings. The van der Waals surface area contributed by atoms with Crippen molar-refractivity contribution in [2.75, 3.05) is 6.61 Å². The molecule has 1 aromatic heterocycles. The zero-order chi connectivity index (χ0) is 14.8. The third-order valence-electron chi connectivity index (χ3n) is 3.47. The Morgan fingerprint density at radius 3 is 2.81 bits per heavy atom. The van der Waals surface area contributed by atoms with E-state index >= 15 is 0 Å². The lowest BCUT2D eigenvalue weighted by Gasteiger charge is -2.23. The largest absolute Gasteiger partial charge is 0.464 e. The molecule has 0 aliphatic carbocycles. The molecule has 2 aromatic rings. The van der Waals surface area contributed by atoms with E-state index in [9.17, 15) is 9.59 Å². The van der Waals surface area contributed by atoms with Crippen LogP contribution in [0.2, 0.25) is 0 Å². The summed E-state index contributed by atoms with van der Waals surface area (Å²) in [7, 11) is 0. The van der Waals surface area contributed by atoms with E-state index in [0.29, 0.717) is 18.7 Å². The molecule has 0 saturated heterocycles. The summed E-state index contributed by atoms with van der Waals surface area (Å²) < 4.78 is 5.15. The van der Waals surface area contributed by atoms with E-state index in [0.717, 1.165) is 10.4 Å². The van der Waals surface area contributed by atoms with Gasteiger partial charge >= 0.3 is 5.97 Å². The lowest BCUT2D eigenvalue weighted by molar-refractivity contribution is -0.148. The number of hydrogen-bond acceptors (Lipinski definition) is 4. The van der Waals surface area contributed by atoms with Crippen molar-refractivity contribution in [3.05, 3.63) is 57.8 Å². The maximum Gasteiger partial charge on any atom is 0.333 e. The van der Waals surface area contributed by atoms with Crippen LogP contribution in [0.4, 0.5) is 0 Å². The van der Waals surface area contributed by atoms with Gasteiger partial charge in [0, 0.05) is 10.4 Å². The third-order valence-corrected chi connectivity index (χ3v) is 4.34. The summed E-state index contributed by atoms with van der Waals surface area (Å²) in [5.41, 5.74) is 1.32. The third kappa shape index (κ3) is 2.45. The van der Waals surface area contributed by atoms with E-state index in [-0.39, 0.29) is 11.9 Å². The normalized spacial score (nSPS) is 16.9. The summed E-state index contributed by atoms with van der Waals surface area (Å²) in [6.07, 6.45) is 0. The van der Waals surface area contributed by atoms with Crippen LogP contribution in [0.15, 0.2) is 41.8 Å². The molecule has 1 atom stereocenters. The van der Waals surface area contributed by atoms with Gasteiger partial charge in [0.05, 0.1) is 13.2 Å². The van der Waals surface area contributed by atoms with E-state index in [2.05, 4.69) is 0 Å². The number of carbonyl (C=O) groups excluding carboxylic acids is 2. The first-order valence-electron chi connectivity index (χ1n) is 6.81. The number of carbonyl (C=O) groups is 2. The molecule has 0 N–H and O–H groups in total. The van der Waals surface area contributed by atoms with Gasteiger partial charge in [-0.1, -0.05) is 24.3 Å². The van der Waals surface area contributed by atoms with Crippen LogP contribution in [-0.2, 0) is 16.1 Å². The van der Waals surface area contributed by atoms with Crippen LogP contribution in [0.25, 0.3) is 0 Å². The molecule has 2 heterocycles. The number of nitrogens with zero attached hydrogens (tertiary/aromatic N) is 1. The summed E-state index contributed by atoms with van der Waals surface area (Å²) in [5.74, 6) is -0.482. The molecule has 4 nitrogen and oxygen atoms in total. The maximum absolute atomic E-state index is 12.6. The van der Waals surface area contributed by atoms with Gasteiger partial charge in [0.25, 0.3) is 5.91 Å². The average molecular weight is 301 g/mol. The van der Waals surface area contributed by atoms with Gasteiger partial charge in [0.15, 0.2) is 6.04 Å². The molecule has 108 valence electrons. The standard InChI is InChI=1S/C16H15NO3S/c1-2-20-16(19)14-12-7-3-4-8-13(12)15(18)17(14)10-11-6-5-9-21-11/h3-9,14H,2,10H2,1H3. The first kappa shape index (κ1) is 13.8. The van der Waals surface area contributed by atoms with Gasteiger partial charge in [-0.25, -0.2) is 4.79 Å². The van der Waals surface area contributed by atoms with Crippen molar-refractivity contribution in [1.82, 2.24) is 4.90 Å². The molecule has 1 unspecified atom stereocenters. The first-order valence-corrected chi connectivity index (χ1v) is 7.69. The second-order valence-electron chi connectivity index (χ2n) is 4.75. The number of rotatable bonds is 4. The highest BCUT2D eigenvalue weighted by atomic mass is 32.1. The van der Waals surface area contributed by atoms with Gasteiger partial charge in [0.1, 0.15) is 0 Å². The van der Waals surface area contributed by atoms with Crippen LogP contribution in [0.3, 0.4) is 0 Å². The minimum Gasteiger partial charge on any atom is -0.464 e. The predicted octanol–water partition coefficient (Wildman–Crippen LogP) is 3.01. The van der Waals surface area contributed by atoms with Crippen molar-refractivity contribution in [3.63, 3.8) is 0 Å². The van der Waals surface area contributed by atoms with Crippen molar-refractivity contribution < 1.29 is 14.3 Å². The Morgan fingerprint density at radius 1 is 1.29 bits per heavy atom. The topological polar surface area (TPSA) is 46.6 Å². The van der Waals surface area contributed by atoms with Gasteiger partial charge in [-0.3, -0.25) is 4.79 Å². The minimum absolute atomic E-state index is 0.114. The fourth-order valence-electron chi connectivity index (χ4n) is 2.58. The number of amides is 1. The fourth-order valence-corrected chi connectivity index (χ4v) is 3.28. The average Bonchev–Trinajstić information content (AvgIpc) is 3.08. The molecule has 1 aliphatic heterocycles. The highest BCUT2D eigenvalue weighted by Crippen LogP contribution is 2.36. The Morgan fingerprint density at radius 2 is 2.10 bits per heavy atom. The molecular formula is C16H15NO3S. The van der Waals surface area contributed by atoms with Gasteiger partial charge in [-0.2, -0.15) is 0 Å². The number of fused-ring (bicyclic) bond motifs is 1. The molecule has 21 heavy (non-hydrogen) atoms. The second kappa shape index (κ2) is 5.69. The zero-order valence-electron chi connectivity index (χ0n) is 11.6. The van der Waals surface area contributed by atoms with Crippen molar-refractivity contribution in [2.45, 2.75) is 19.5 Å². The van der Waals surface area contributed by atoms with E-state index in [1.807, 2.05) is 35.7 Å². The lowest BCUT2D eigenvalue weighted by atomic mass is 10.1. The fraction of sp³-hybridized carbons (Fsp3) is 0.250. The van der Waals surface area contributed by atoms with Crippen molar-refractivity contribution in [1.29, 1.82) is 0 Å². The highest BCUT2D eigenvalue weighted by molar-refractivity contribution is 7.09. The number of ether oxygens (including phenoxy) is 1. The molecule has 5 heteroatoms. The Bertz CT molecular complexity index is 666. The summed E-state index contributed by atoms with van der Waals surface area (Å²) in [4.78, 5) is 27.5. The van der Waals surface area contributed by atoms with E-state index in [4.69, 9.17) is 4.74 Å². The van der Waals surface area contributed by atoms with Gasteiger partial charge in [0.2, 0.25) is 0 Å². The van der Waals surface area contributed by atoms with Crippen LogP contribution in [0.5, 0.6) is 0 Å². The monoisotopic (exact) mass is 301 g/mol. The molecule has 1 amide bonds. The van der Waals surface area contributed by atoms with Gasteiger partial charge in [-0.05, 0) is 30.0 Å². The van der Waals surface area contributed by atoms with E-state index in [1.54, 1.807) is 29.2 Å². The number of thiophene rings is 1. The molecule has 0 saturated carbocycles. The second-order valence-corrected chi connectivity index (χ2v) is 5.79. The summed E-state index contributed by atoms with van der Waals surface area (Å²) in [6.45, 7) is 2.50. The quantitative estimate of drug-likeness (QED) is 0.816. The summed E-state index contributed by atoms with van der Waals surface area (Å²) in [5, 5.41) is 1.96. The van der Waals surface area contributed by atoms with Crippen LogP contribution < -0.4 is 0 Å². The highest BCUT2D eigenvalue weighted by Gasteiger charge is 2.41. The maximum atomic E-state index is 12.6. The smallest absolute Gasteiger partial charge is 0.333 e. The molecule has 0 spiro atoms. The Kier molecular flexibility index (Phi) is 3.75. The minimum atomic E-state index is -0.643. The van der Waals surface area contributed by atoms with Crippen molar-refractivity contribution >= 4 is 23.2 Å². The number of hydrogen-bond donors (Lipinski definition) is 0. The van der Waals surface area contributed by atoms with Gasteiger partial charge < -0.3 is 9.64 Å². The summed E-state index contributed by atoms with van der Waals surface area (Å²) in [6, 6.07) is 10.5. The molecule has 0 radical (unpaired) electrons. The lowest BCUT2D eigenvalue weighted by Crippen LogP contribution is -2.33. The van der Waals surface area contributed by atoms with E-state index in [1.165, 1.54) is 0 Å². The molecule has 1 aromatic carbocycles.